The van der Waals surface area contributed by atoms with Crippen LogP contribution in [-0.4, -0.2) is 111 Å². The molecule has 31 heteroatoms. The van der Waals surface area contributed by atoms with Gasteiger partial charge in [-0.05, 0) is 185 Å². The number of nitrogens with zero attached hydrogens (tertiary/aromatic N) is 8. The first-order valence-corrected chi connectivity index (χ1v) is 32.3. The van der Waals surface area contributed by atoms with Gasteiger partial charge in [0.15, 0.2) is 11.6 Å². The molecule has 2 aromatic carbocycles. The number of carbonyl (C=O) groups excluding carboxylic acids is 3. The Bertz CT molecular complexity index is 3410. The fourth-order valence-electron chi connectivity index (χ4n) is 12.5. The number of methoxy groups -OCH3 is 1. The first-order chi connectivity index (χ1) is 44.2. The number of rotatable bonds is 21. The highest BCUT2D eigenvalue weighted by Gasteiger charge is 2.46. The molecule has 5 heterocycles. The third kappa shape index (κ3) is 18.0. The van der Waals surface area contributed by atoms with Gasteiger partial charge in [0.1, 0.15) is 39.6 Å². The molecule has 2 amide bonds. The maximum Gasteiger partial charge on any atom is 0.416 e. The topological polar surface area (TPSA) is 190 Å². The van der Waals surface area contributed by atoms with Crippen LogP contribution in [-0.2, 0) is 61.6 Å². The van der Waals surface area contributed by atoms with E-state index in [2.05, 4.69) is 25.9 Å². The van der Waals surface area contributed by atoms with Gasteiger partial charge >= 0.3 is 48.8 Å². The molecular formula is C63H71BrF12N8O9S. The van der Waals surface area contributed by atoms with Gasteiger partial charge in [-0.25, -0.2) is 29.5 Å². The fourth-order valence-corrected chi connectivity index (χ4v) is 13.7. The van der Waals surface area contributed by atoms with Gasteiger partial charge in [0, 0.05) is 39.0 Å². The van der Waals surface area contributed by atoms with Crippen molar-refractivity contribution in [3.8, 4) is 16.3 Å². The van der Waals surface area contributed by atoms with Crippen LogP contribution in [0.25, 0.3) is 10.6 Å². The Morgan fingerprint density at radius 3 is 1.43 bits per heavy atom. The van der Waals surface area contributed by atoms with E-state index in [1.807, 2.05) is 29.0 Å². The number of alkyl halides is 12. The summed E-state index contributed by atoms with van der Waals surface area (Å²) in [5.41, 5.74) is -5.59. The number of thiophene rings is 1. The molecule has 2 aliphatic carbocycles. The first kappa shape index (κ1) is 72.6. The highest BCUT2D eigenvalue weighted by atomic mass is 79.9. The van der Waals surface area contributed by atoms with Gasteiger partial charge in [-0.15, -0.1) is 11.3 Å². The van der Waals surface area contributed by atoms with Gasteiger partial charge < -0.3 is 33.9 Å². The Balaban J connectivity index is 0.000000242. The zero-order valence-electron chi connectivity index (χ0n) is 52.0. The number of benzene rings is 2. The summed E-state index contributed by atoms with van der Waals surface area (Å²) in [5.74, 6) is 1.52. The van der Waals surface area contributed by atoms with Crippen molar-refractivity contribution in [2.75, 3.05) is 49.7 Å². The Kier molecular flexibility index (Phi) is 23.4. The molecule has 0 bridgehead atoms. The lowest BCUT2D eigenvalue weighted by Crippen LogP contribution is -2.36. The summed E-state index contributed by atoms with van der Waals surface area (Å²) >= 11 is 4.67. The molecule has 0 radical (unpaired) electrons. The lowest BCUT2D eigenvalue weighted by Gasteiger charge is -2.33. The van der Waals surface area contributed by atoms with Crippen molar-refractivity contribution in [3.63, 3.8) is 0 Å². The number of hydrogen-bond acceptors (Lipinski definition) is 15. The number of carbonyl (C=O) groups is 4. The van der Waals surface area contributed by atoms with Crippen molar-refractivity contribution in [2.24, 2.45) is 23.7 Å². The molecule has 4 aliphatic rings. The van der Waals surface area contributed by atoms with Crippen LogP contribution in [0.1, 0.15) is 156 Å². The number of carboxylic acids is 1. The quantitative estimate of drug-likeness (QED) is 0.0414. The zero-order valence-corrected chi connectivity index (χ0v) is 54.4. The summed E-state index contributed by atoms with van der Waals surface area (Å²) in [5, 5.41) is 11.0. The second-order valence-electron chi connectivity index (χ2n) is 23.8. The summed E-state index contributed by atoms with van der Waals surface area (Å²) in [6.07, 6.45) is -14.3. The normalized spacial score (nSPS) is 21.9. The summed E-state index contributed by atoms with van der Waals surface area (Å²) in [6.45, 7) is 11.0. The van der Waals surface area contributed by atoms with Gasteiger partial charge in [0.2, 0.25) is 0 Å². The number of halogens is 13. The molecule has 1 N–H and O–H groups in total. The summed E-state index contributed by atoms with van der Waals surface area (Å²) in [7, 11) is 1.51. The highest BCUT2D eigenvalue weighted by Crippen LogP contribution is 2.45. The van der Waals surface area contributed by atoms with E-state index in [-0.39, 0.29) is 55.4 Å². The fraction of sp³-hybridized carbons (Fsp3) is 0.556. The lowest BCUT2D eigenvalue weighted by atomic mass is 9.80. The zero-order chi connectivity index (χ0) is 68.8. The second-order valence-corrected chi connectivity index (χ2v) is 25.5. The van der Waals surface area contributed by atoms with Crippen molar-refractivity contribution in [1.82, 2.24) is 29.7 Å². The van der Waals surface area contributed by atoms with E-state index in [1.165, 1.54) is 48.3 Å². The van der Waals surface area contributed by atoms with E-state index in [0.29, 0.717) is 113 Å². The van der Waals surface area contributed by atoms with Gasteiger partial charge in [0.25, 0.3) is 0 Å². The molecule has 514 valence electrons. The largest absolute Gasteiger partial charge is 0.495 e. The number of amides is 2. The monoisotopic (exact) mass is 1420 g/mol. The third-order valence-electron chi connectivity index (χ3n) is 17.5. The van der Waals surface area contributed by atoms with Crippen molar-refractivity contribution >= 4 is 63.0 Å². The molecule has 2 saturated heterocycles. The highest BCUT2D eigenvalue weighted by molar-refractivity contribution is 9.10. The van der Waals surface area contributed by atoms with Crippen LogP contribution in [0.2, 0.25) is 0 Å². The Hall–Kier alpha value is -7.18. The van der Waals surface area contributed by atoms with Crippen LogP contribution in [0.15, 0.2) is 64.8 Å². The number of esters is 1. The molecular weight excluding hydrogens is 1350 g/mol. The van der Waals surface area contributed by atoms with Crippen molar-refractivity contribution in [2.45, 2.75) is 161 Å². The number of carboxylic acid groups (broad SMARTS) is 1. The van der Waals surface area contributed by atoms with Crippen molar-refractivity contribution in [1.29, 1.82) is 0 Å². The molecule has 17 nitrogen and oxygen atoms in total. The van der Waals surface area contributed by atoms with E-state index >= 15 is 0 Å². The van der Waals surface area contributed by atoms with E-state index < -0.39 is 101 Å². The van der Waals surface area contributed by atoms with E-state index in [4.69, 9.17) is 28.9 Å². The maximum atomic E-state index is 13.6. The minimum Gasteiger partial charge on any atom is -0.495 e. The molecule has 4 atom stereocenters. The first-order valence-electron chi connectivity index (χ1n) is 30.6. The number of aromatic nitrogens is 4. The molecule has 4 fully saturated rings. The van der Waals surface area contributed by atoms with Gasteiger partial charge in [-0.2, -0.15) is 52.7 Å². The molecule has 3 aromatic heterocycles. The van der Waals surface area contributed by atoms with Crippen molar-refractivity contribution < 1.29 is 95.9 Å². The van der Waals surface area contributed by atoms with Crippen LogP contribution in [0, 0.1) is 23.7 Å². The summed E-state index contributed by atoms with van der Waals surface area (Å²) in [6, 6.07) is 2.27. The Morgan fingerprint density at radius 1 is 0.628 bits per heavy atom. The van der Waals surface area contributed by atoms with Crippen molar-refractivity contribution in [3.05, 3.63) is 110 Å². The average molecular weight is 1420 g/mol. The summed E-state index contributed by atoms with van der Waals surface area (Å²) < 4.78 is 184. The standard InChI is InChI=1S/C33H36F6N4O5S.C30H35BrF6N4O4/c1-4-42(16-20-7-5-19(6-8-20)11-27(44)45)30-25(41-24(15-40-30)29-26(47-3)9-10-49-29)17-43-18(2)28(48-31(43)46)21-12-22(32(34,35)36)14-23(13-21)33(37,38)39;1-4-40(15-19-8-6-18(7-9-19)10-25(42)44-5-2)27-23(39-24(31)14-38-27)16-41-17(3)26(45-28(41)43)20-11-21(29(32,33)34)13-22(12-20)30(35,36)37/h9-10,12-15,18-20,28H,4-8,11,16-17H2,1-3H3,(H,44,45);11-14,17-19,26H,4-10,15-16H2,1-3H3/t18-,19?,20?,28?;17-,18?,19?,26?/m00/s1. The predicted octanol–water partition coefficient (Wildman–Crippen LogP) is 16.4. The molecule has 2 aliphatic heterocycles. The lowest BCUT2D eigenvalue weighted by molar-refractivity contribution is -0.145. The Morgan fingerprint density at radius 2 is 1.03 bits per heavy atom. The number of cyclic esters (lactones) is 2. The van der Waals surface area contributed by atoms with Crippen LogP contribution in [0.5, 0.6) is 5.75 Å². The molecule has 9 rings (SSSR count). The Labute approximate surface area is 546 Å². The molecule has 2 unspecified atom stereocenters. The van der Waals surface area contributed by atoms with Crippen LogP contribution in [0.3, 0.4) is 0 Å². The van der Waals surface area contributed by atoms with Gasteiger partial charge in [-0.3, -0.25) is 19.4 Å². The van der Waals surface area contributed by atoms with Crippen LogP contribution >= 0.6 is 27.3 Å². The molecule has 2 saturated carbocycles. The maximum absolute atomic E-state index is 13.6. The average Bonchev–Trinajstić information content (AvgIpc) is 1.67. The summed E-state index contributed by atoms with van der Waals surface area (Å²) in [4.78, 5) is 75.2. The second kappa shape index (κ2) is 30.3. The number of anilines is 2. The predicted molar refractivity (Wildman–Crippen MR) is 323 cm³/mol. The molecule has 5 aromatic rings. The number of ether oxygens (including phenoxy) is 4. The smallest absolute Gasteiger partial charge is 0.416 e. The van der Waals surface area contributed by atoms with E-state index in [9.17, 15) is 77.0 Å². The van der Waals surface area contributed by atoms with Gasteiger partial charge in [0.05, 0.1) is 78.4 Å². The van der Waals surface area contributed by atoms with Gasteiger partial charge in [-0.1, -0.05) is 0 Å². The van der Waals surface area contributed by atoms with E-state index in [0.717, 1.165) is 51.4 Å². The minimum absolute atomic E-state index is 0.0346. The molecule has 94 heavy (non-hydrogen) atoms. The van der Waals surface area contributed by atoms with Crippen LogP contribution < -0.4 is 14.5 Å². The van der Waals surface area contributed by atoms with Crippen LogP contribution in [0.4, 0.5) is 73.9 Å². The third-order valence-corrected chi connectivity index (χ3v) is 18.8. The number of aliphatic carboxylic acids is 1. The SMILES string of the molecule is CCN(CC1CCC(CC(=O)O)CC1)c1ncc(-c2sccc2OC)nc1CN1C(=O)OC(c2cc(C(F)(F)F)cc(C(F)(F)F)c2)[C@@H]1C.CCOC(=O)CC1CCC(CN(CC)c2ncc(Br)nc2CN2C(=O)OC(c3cc(C(F)(F)F)cc(C(F)(F)F)c3)[C@@H]2C)CC1. The minimum atomic E-state index is -5.06. The number of hydrogen-bond donors (Lipinski definition) is 1. The molecule has 0 spiro atoms. The van der Waals surface area contributed by atoms with E-state index in [1.54, 1.807) is 19.2 Å².